The van der Waals surface area contributed by atoms with Crippen LogP contribution < -0.4 is 9.64 Å². The summed E-state index contributed by atoms with van der Waals surface area (Å²) in [5.74, 6) is 0.914. The fourth-order valence-corrected chi connectivity index (χ4v) is 4.40. The molecule has 0 spiro atoms. The largest absolute Gasteiger partial charge is 0.497 e. The molecule has 1 aromatic heterocycles. The monoisotopic (exact) mass is 320 g/mol. The second-order valence-electron chi connectivity index (χ2n) is 4.87. The molecule has 0 saturated carbocycles. The highest BCUT2D eigenvalue weighted by molar-refractivity contribution is 8.01. The smallest absolute Gasteiger partial charge is 0.242 e. The molecule has 3 rings (SSSR count). The number of carbonyl (C=O) groups excluding carboxylic acids is 1. The molecule has 21 heavy (non-hydrogen) atoms. The summed E-state index contributed by atoms with van der Waals surface area (Å²) >= 11 is 3.19. The summed E-state index contributed by atoms with van der Waals surface area (Å²) in [5, 5.41) is 0.653. The number of ether oxygens (including phenoxy) is 1. The van der Waals surface area contributed by atoms with Gasteiger partial charge in [-0.1, -0.05) is 12.1 Å². The Labute approximate surface area is 132 Å². The van der Waals surface area contributed by atoms with Gasteiger partial charge in [-0.25, -0.2) is 4.98 Å². The third kappa shape index (κ3) is 2.65. The van der Waals surface area contributed by atoms with E-state index in [1.807, 2.05) is 49.2 Å². The van der Waals surface area contributed by atoms with Gasteiger partial charge in [0.1, 0.15) is 11.1 Å². The molecule has 0 N–H and O–H groups in total. The number of thiazole rings is 1. The van der Waals surface area contributed by atoms with Gasteiger partial charge in [0.05, 0.1) is 12.4 Å². The predicted octanol–water partition coefficient (Wildman–Crippen LogP) is 3.63. The van der Waals surface area contributed by atoms with Gasteiger partial charge in [0.15, 0.2) is 5.13 Å². The third-order valence-corrected chi connectivity index (χ3v) is 5.61. The topological polar surface area (TPSA) is 42.4 Å². The van der Waals surface area contributed by atoms with Crippen LogP contribution >= 0.6 is 23.1 Å². The molecule has 1 fully saturated rings. The first-order valence-electron chi connectivity index (χ1n) is 6.65. The highest BCUT2D eigenvalue weighted by Gasteiger charge is 2.40. The highest BCUT2D eigenvalue weighted by Crippen LogP contribution is 2.46. The lowest BCUT2D eigenvalue weighted by atomic mass is 10.2. The minimum absolute atomic E-state index is 0.0480. The maximum absolute atomic E-state index is 12.5. The lowest BCUT2D eigenvalue weighted by Gasteiger charge is -2.21. The van der Waals surface area contributed by atoms with E-state index in [9.17, 15) is 4.79 Å². The number of aromatic nitrogens is 1. The third-order valence-electron chi connectivity index (χ3n) is 3.35. The van der Waals surface area contributed by atoms with Crippen molar-refractivity contribution in [1.82, 2.24) is 4.98 Å². The minimum Gasteiger partial charge on any atom is -0.497 e. The molecule has 1 saturated heterocycles. The van der Waals surface area contributed by atoms with E-state index in [2.05, 4.69) is 4.98 Å². The van der Waals surface area contributed by atoms with Crippen molar-refractivity contribution in [2.45, 2.75) is 24.5 Å². The number of carbonyl (C=O) groups is 1. The van der Waals surface area contributed by atoms with Gasteiger partial charge in [0.25, 0.3) is 0 Å². The van der Waals surface area contributed by atoms with Crippen LogP contribution in [0.15, 0.2) is 30.5 Å². The van der Waals surface area contributed by atoms with Gasteiger partial charge in [-0.3, -0.25) is 9.69 Å². The Bertz CT molecular complexity index is 671. The van der Waals surface area contributed by atoms with E-state index in [-0.39, 0.29) is 16.5 Å². The van der Waals surface area contributed by atoms with Crippen molar-refractivity contribution in [1.29, 1.82) is 0 Å². The van der Waals surface area contributed by atoms with Crippen LogP contribution in [0.5, 0.6) is 5.75 Å². The molecular weight excluding hydrogens is 304 g/mol. The number of methoxy groups -OCH3 is 1. The maximum Gasteiger partial charge on any atom is 0.242 e. The molecule has 0 bridgehead atoms. The predicted molar refractivity (Wildman–Crippen MR) is 87.1 cm³/mol. The number of hydrogen-bond acceptors (Lipinski definition) is 5. The number of anilines is 1. The zero-order chi connectivity index (χ0) is 15.0. The van der Waals surface area contributed by atoms with Crippen molar-refractivity contribution in [2.24, 2.45) is 0 Å². The van der Waals surface area contributed by atoms with Crippen LogP contribution in [-0.2, 0) is 4.79 Å². The normalized spacial score (nSPS) is 21.9. The number of thioether (sulfide) groups is 1. The Morgan fingerprint density at radius 2 is 2.19 bits per heavy atom. The van der Waals surface area contributed by atoms with E-state index in [0.29, 0.717) is 0 Å². The molecule has 110 valence electrons. The molecule has 1 aliphatic rings. The van der Waals surface area contributed by atoms with Gasteiger partial charge in [-0.05, 0) is 31.5 Å². The van der Waals surface area contributed by atoms with Crippen LogP contribution in [-0.4, -0.2) is 23.3 Å². The fourth-order valence-electron chi connectivity index (χ4n) is 2.30. The molecular formula is C15H16N2O2S2. The van der Waals surface area contributed by atoms with Crippen LogP contribution in [0.2, 0.25) is 0 Å². The van der Waals surface area contributed by atoms with Gasteiger partial charge in [-0.2, -0.15) is 0 Å². The van der Waals surface area contributed by atoms with Crippen molar-refractivity contribution < 1.29 is 9.53 Å². The average Bonchev–Trinajstić information content (AvgIpc) is 3.03. The number of nitrogens with zero attached hydrogens (tertiary/aromatic N) is 2. The first kappa shape index (κ1) is 14.4. The Hall–Kier alpha value is -1.53. The number of aryl methyl sites for hydroxylation is 1. The maximum atomic E-state index is 12.5. The van der Waals surface area contributed by atoms with Gasteiger partial charge in [0, 0.05) is 11.1 Å². The molecule has 6 heteroatoms. The summed E-state index contributed by atoms with van der Waals surface area (Å²) in [6, 6.07) is 7.87. The lowest BCUT2D eigenvalue weighted by Crippen LogP contribution is -2.29. The van der Waals surface area contributed by atoms with Gasteiger partial charge >= 0.3 is 0 Å². The van der Waals surface area contributed by atoms with Crippen LogP contribution in [0.1, 0.15) is 22.7 Å². The first-order chi connectivity index (χ1) is 10.1. The van der Waals surface area contributed by atoms with Crippen molar-refractivity contribution in [3.05, 3.63) is 40.9 Å². The van der Waals surface area contributed by atoms with E-state index in [0.717, 1.165) is 21.3 Å². The number of benzene rings is 1. The Balaban J connectivity index is 2.00. The molecule has 1 aliphatic heterocycles. The molecule has 1 amide bonds. The summed E-state index contributed by atoms with van der Waals surface area (Å²) in [6.45, 7) is 3.94. The summed E-state index contributed by atoms with van der Waals surface area (Å²) in [7, 11) is 1.65. The summed E-state index contributed by atoms with van der Waals surface area (Å²) in [5.41, 5.74) is 1.06. The molecule has 1 aromatic carbocycles. The highest BCUT2D eigenvalue weighted by atomic mass is 32.2. The Morgan fingerprint density at radius 1 is 1.38 bits per heavy atom. The molecule has 0 aliphatic carbocycles. The second-order valence-corrected chi connectivity index (χ2v) is 7.51. The van der Waals surface area contributed by atoms with Crippen LogP contribution in [0.3, 0.4) is 0 Å². The van der Waals surface area contributed by atoms with E-state index >= 15 is 0 Å². The number of amides is 1. The van der Waals surface area contributed by atoms with Crippen molar-refractivity contribution in [3.8, 4) is 5.75 Å². The zero-order valence-corrected chi connectivity index (χ0v) is 13.7. The van der Waals surface area contributed by atoms with Crippen LogP contribution in [0.25, 0.3) is 0 Å². The summed E-state index contributed by atoms with van der Waals surface area (Å²) < 4.78 is 5.29. The van der Waals surface area contributed by atoms with Gasteiger partial charge in [-0.15, -0.1) is 23.1 Å². The number of rotatable bonds is 3. The van der Waals surface area contributed by atoms with Gasteiger partial charge in [0.2, 0.25) is 5.91 Å². The first-order valence-corrected chi connectivity index (χ1v) is 8.41. The minimum atomic E-state index is -0.0644. The standard InChI is InChI=1S/C15H16N2O2S2/c1-9-8-16-15(20-9)17-13(18)10(2)21-14(17)11-5-4-6-12(7-11)19-3/h4-8,10,14H,1-3H3/t10-,14-/m0/s1. The Morgan fingerprint density at radius 3 is 2.86 bits per heavy atom. The van der Waals surface area contributed by atoms with Crippen molar-refractivity contribution in [3.63, 3.8) is 0 Å². The van der Waals surface area contributed by atoms with Crippen LogP contribution in [0.4, 0.5) is 5.13 Å². The summed E-state index contributed by atoms with van der Waals surface area (Å²) in [6.07, 6.45) is 1.81. The lowest BCUT2D eigenvalue weighted by molar-refractivity contribution is -0.117. The zero-order valence-electron chi connectivity index (χ0n) is 12.1. The summed E-state index contributed by atoms with van der Waals surface area (Å²) in [4.78, 5) is 19.8. The molecule has 4 nitrogen and oxygen atoms in total. The van der Waals surface area contributed by atoms with E-state index < -0.39 is 0 Å². The van der Waals surface area contributed by atoms with E-state index in [4.69, 9.17) is 4.74 Å². The number of hydrogen-bond donors (Lipinski definition) is 0. The second kappa shape index (κ2) is 5.69. The molecule has 2 aromatic rings. The molecule has 2 heterocycles. The van der Waals surface area contributed by atoms with Crippen LogP contribution in [0, 0.1) is 6.92 Å². The van der Waals surface area contributed by atoms with Gasteiger partial charge < -0.3 is 4.74 Å². The molecule has 0 unspecified atom stereocenters. The average molecular weight is 320 g/mol. The quantitative estimate of drug-likeness (QED) is 0.866. The Kier molecular flexibility index (Phi) is 3.91. The molecule has 0 radical (unpaired) electrons. The van der Waals surface area contributed by atoms with E-state index in [1.165, 1.54) is 0 Å². The fraction of sp³-hybridized carbons (Fsp3) is 0.333. The SMILES string of the molecule is COc1cccc([C@@H]2S[C@@H](C)C(=O)N2c2ncc(C)s2)c1. The van der Waals surface area contributed by atoms with E-state index in [1.54, 1.807) is 30.2 Å². The molecule has 2 atom stereocenters. The van der Waals surface area contributed by atoms with Crippen molar-refractivity contribution in [2.75, 3.05) is 12.0 Å². The van der Waals surface area contributed by atoms with Crippen molar-refractivity contribution >= 4 is 34.1 Å².